The molecule has 1 fully saturated rings. The molecule has 1 aliphatic carbocycles. The lowest BCUT2D eigenvalue weighted by Gasteiger charge is -2.24. The van der Waals surface area contributed by atoms with Gasteiger partial charge in [-0.25, -0.2) is 0 Å². The number of anilines is 2. The summed E-state index contributed by atoms with van der Waals surface area (Å²) in [6.45, 7) is 4.00. The third-order valence-corrected chi connectivity index (χ3v) is 7.61. The van der Waals surface area contributed by atoms with Crippen LogP contribution in [-0.2, 0) is 0 Å². The van der Waals surface area contributed by atoms with E-state index in [0.717, 1.165) is 30.5 Å². The van der Waals surface area contributed by atoms with Gasteiger partial charge in [-0.3, -0.25) is 15.0 Å². The first kappa shape index (κ1) is 24.7. The number of nitriles is 1. The molecule has 1 saturated carbocycles. The molecule has 3 heterocycles. The highest BCUT2D eigenvalue weighted by molar-refractivity contribution is 6.35. The molecule has 0 unspecified atom stereocenters. The summed E-state index contributed by atoms with van der Waals surface area (Å²) < 4.78 is 9.78. The van der Waals surface area contributed by atoms with E-state index >= 15 is 0 Å². The van der Waals surface area contributed by atoms with E-state index in [1.165, 1.54) is 0 Å². The number of nitrogens with zero attached hydrogens (tertiary/aromatic N) is 4. The first-order valence-electron chi connectivity index (χ1n) is 14.0. The van der Waals surface area contributed by atoms with Crippen LogP contribution in [0.3, 0.4) is 0 Å². The van der Waals surface area contributed by atoms with Gasteiger partial charge in [-0.05, 0) is 49.9 Å². The summed E-state index contributed by atoms with van der Waals surface area (Å²) in [6, 6.07) is 18.8. The van der Waals surface area contributed by atoms with Crippen LogP contribution in [0.5, 0.6) is 0 Å². The van der Waals surface area contributed by atoms with E-state index in [-0.39, 0.29) is 6.04 Å². The highest BCUT2D eigenvalue weighted by Crippen LogP contribution is 2.38. The number of fused-ring (bicyclic) bond motifs is 1. The molecule has 2 aliphatic rings. The Morgan fingerprint density at radius 2 is 2.00 bits per heavy atom. The zero-order valence-corrected chi connectivity index (χ0v) is 23.1. The molecule has 0 radical (unpaired) electrons. The predicted octanol–water partition coefficient (Wildman–Crippen LogP) is 6.51. The number of hydrogen-bond donors (Lipinski definition) is 4. The molecule has 0 spiro atoms. The second kappa shape index (κ2) is 11.0. The standard InChI is InChI=1S/C31H31ClN8/c1-3-27(20-8-5-4-6-9-20)37-29-21(16-33)17-35-30-25(29)14-22(15-26(30)32)36-31(24-10-7-13-34-19(24)2)28-18-40(39-38-28)23-11-12-23/h4-10,13-15,17-18,23,27,31,36,38-39H,3,11-12H2,1-2H3,(H,35,37)/t27-,31-/m1/s1/i31D. The Labute approximate surface area is 240 Å². The topological polar surface area (TPSA) is 101 Å². The Morgan fingerprint density at radius 1 is 1.18 bits per heavy atom. The number of rotatable bonds is 9. The van der Waals surface area contributed by atoms with E-state index in [1.807, 2.05) is 54.5 Å². The van der Waals surface area contributed by atoms with Crippen molar-refractivity contribution in [3.05, 3.63) is 106 Å². The molecule has 9 heteroatoms. The zero-order valence-electron chi connectivity index (χ0n) is 23.4. The maximum absolute atomic E-state index is 10.0. The van der Waals surface area contributed by atoms with Crippen LogP contribution in [0.25, 0.3) is 10.9 Å². The molecule has 0 amide bonds. The number of aryl methyl sites for hydroxylation is 1. The SMILES string of the molecule is [2H][C@](Nc1cc(Cl)c2ncc(C#N)c(N[C@H](CC)c3ccccc3)c2c1)(C1=CN(C2CC2)NN1)c1cccnc1C. The monoisotopic (exact) mass is 551 g/mol. The summed E-state index contributed by atoms with van der Waals surface area (Å²) in [6.07, 6.45) is 8.25. The van der Waals surface area contributed by atoms with Crippen molar-refractivity contribution in [2.75, 3.05) is 10.6 Å². The molecule has 4 N–H and O–H groups in total. The number of hydrogen-bond acceptors (Lipinski definition) is 8. The van der Waals surface area contributed by atoms with Gasteiger partial charge in [0.25, 0.3) is 0 Å². The van der Waals surface area contributed by atoms with Gasteiger partial charge in [0.2, 0.25) is 0 Å². The average molecular weight is 552 g/mol. The largest absolute Gasteiger partial charge is 0.377 e. The van der Waals surface area contributed by atoms with Gasteiger partial charge in [-0.2, -0.15) is 5.26 Å². The van der Waals surface area contributed by atoms with Gasteiger partial charge in [-0.1, -0.05) is 54.9 Å². The van der Waals surface area contributed by atoms with E-state index < -0.39 is 6.02 Å². The molecule has 2 aromatic heterocycles. The van der Waals surface area contributed by atoms with Crippen molar-refractivity contribution in [3.63, 3.8) is 0 Å². The summed E-state index contributed by atoms with van der Waals surface area (Å²) >= 11 is 6.82. The van der Waals surface area contributed by atoms with Crippen molar-refractivity contribution in [3.8, 4) is 6.07 Å². The van der Waals surface area contributed by atoms with Crippen molar-refractivity contribution in [2.24, 2.45) is 0 Å². The lowest BCUT2D eigenvalue weighted by molar-refractivity contribution is 0.260. The van der Waals surface area contributed by atoms with Crippen molar-refractivity contribution in [1.29, 1.82) is 5.26 Å². The minimum Gasteiger partial charge on any atom is -0.377 e. The minimum atomic E-state index is -1.42. The number of aromatic nitrogens is 2. The molecule has 1 aliphatic heterocycles. The van der Waals surface area contributed by atoms with Crippen molar-refractivity contribution in [2.45, 2.75) is 51.2 Å². The Bertz CT molecular complexity index is 1670. The molecule has 4 aromatic rings. The fourth-order valence-corrected chi connectivity index (χ4v) is 5.30. The van der Waals surface area contributed by atoms with Crippen molar-refractivity contribution >= 4 is 33.9 Å². The lowest BCUT2D eigenvalue weighted by atomic mass is 10.0. The van der Waals surface area contributed by atoms with E-state index in [1.54, 1.807) is 18.5 Å². The molecule has 40 heavy (non-hydrogen) atoms. The van der Waals surface area contributed by atoms with Gasteiger partial charge in [0.15, 0.2) is 0 Å². The quantitative estimate of drug-likeness (QED) is 0.187. The van der Waals surface area contributed by atoms with Crippen LogP contribution in [0.2, 0.25) is 5.02 Å². The molecule has 6 rings (SSSR count). The number of nitrogens with one attached hydrogen (secondary N) is 4. The van der Waals surface area contributed by atoms with Crippen LogP contribution in [0, 0.1) is 18.3 Å². The summed E-state index contributed by atoms with van der Waals surface area (Å²) in [5, 5.41) is 20.2. The van der Waals surface area contributed by atoms with E-state index in [9.17, 15) is 6.63 Å². The normalized spacial score (nSPS) is 17.3. The molecule has 0 saturated heterocycles. The highest BCUT2D eigenvalue weighted by Gasteiger charge is 2.32. The van der Waals surface area contributed by atoms with Gasteiger partial charge in [0.1, 0.15) is 6.07 Å². The van der Waals surface area contributed by atoms with Crippen LogP contribution in [0.1, 0.15) is 62.0 Å². The van der Waals surface area contributed by atoms with Crippen LogP contribution >= 0.6 is 11.6 Å². The minimum absolute atomic E-state index is 0.0232. The molecular weight excluding hydrogens is 520 g/mol. The third-order valence-electron chi connectivity index (χ3n) is 7.32. The van der Waals surface area contributed by atoms with Gasteiger partial charge in [0.05, 0.1) is 40.9 Å². The number of hydrazine groups is 2. The Morgan fingerprint density at radius 3 is 2.73 bits per heavy atom. The van der Waals surface area contributed by atoms with E-state index in [4.69, 9.17) is 11.6 Å². The van der Waals surface area contributed by atoms with Crippen LogP contribution in [-0.4, -0.2) is 21.0 Å². The third kappa shape index (κ3) is 5.14. The first-order valence-corrected chi connectivity index (χ1v) is 13.9. The summed E-state index contributed by atoms with van der Waals surface area (Å²) in [5.41, 5.74) is 11.9. The molecular formula is C31H31ClN8. The molecule has 2 atom stereocenters. The Balaban J connectivity index is 1.45. The number of benzene rings is 2. The van der Waals surface area contributed by atoms with E-state index in [2.05, 4.69) is 56.7 Å². The Hall–Kier alpha value is -4.32. The maximum atomic E-state index is 10.0. The predicted molar refractivity (Wildman–Crippen MR) is 159 cm³/mol. The van der Waals surface area contributed by atoms with Crippen molar-refractivity contribution in [1.82, 2.24) is 25.9 Å². The smallest absolute Gasteiger partial charge is 0.103 e. The fraction of sp³-hybridized carbons (Fsp3) is 0.258. The molecule has 8 nitrogen and oxygen atoms in total. The first-order chi connectivity index (χ1) is 19.9. The van der Waals surface area contributed by atoms with Gasteiger partial charge in [-0.15, -0.1) is 5.53 Å². The van der Waals surface area contributed by atoms with Crippen LogP contribution in [0.4, 0.5) is 11.4 Å². The Kier molecular flexibility index (Phi) is 6.82. The van der Waals surface area contributed by atoms with Crippen LogP contribution in [0.15, 0.2) is 78.9 Å². The number of halogens is 1. The fourth-order valence-electron chi connectivity index (χ4n) is 5.03. The number of pyridine rings is 2. The average Bonchev–Trinajstić information content (AvgIpc) is 3.71. The molecule has 202 valence electrons. The van der Waals surface area contributed by atoms with Crippen LogP contribution < -0.4 is 21.6 Å². The van der Waals surface area contributed by atoms with Gasteiger partial charge in [0, 0.05) is 47.0 Å². The maximum Gasteiger partial charge on any atom is 0.103 e. The zero-order chi connectivity index (χ0) is 28.6. The van der Waals surface area contributed by atoms with Crippen molar-refractivity contribution < 1.29 is 1.37 Å². The highest BCUT2D eigenvalue weighted by atomic mass is 35.5. The van der Waals surface area contributed by atoms with E-state index in [0.29, 0.717) is 50.2 Å². The van der Waals surface area contributed by atoms with Gasteiger partial charge >= 0.3 is 0 Å². The summed E-state index contributed by atoms with van der Waals surface area (Å²) in [4.78, 5) is 8.99. The second-order valence-corrected chi connectivity index (χ2v) is 10.5. The summed E-state index contributed by atoms with van der Waals surface area (Å²) in [5.74, 6) is 0. The molecule has 2 aromatic carbocycles. The van der Waals surface area contributed by atoms with Gasteiger partial charge < -0.3 is 16.1 Å². The lowest BCUT2D eigenvalue weighted by Crippen LogP contribution is -2.38. The second-order valence-electron chi connectivity index (χ2n) is 10.1. The molecule has 0 bridgehead atoms. The summed E-state index contributed by atoms with van der Waals surface area (Å²) in [7, 11) is 0.